The van der Waals surface area contributed by atoms with Gasteiger partial charge in [-0.15, -0.1) is 0 Å². The Kier molecular flexibility index (Phi) is 6.20. The van der Waals surface area contributed by atoms with E-state index in [9.17, 15) is 4.79 Å². The van der Waals surface area contributed by atoms with E-state index in [1.165, 1.54) is 44.9 Å². The first kappa shape index (κ1) is 18.2. The summed E-state index contributed by atoms with van der Waals surface area (Å²) in [6.45, 7) is 5.01. The van der Waals surface area contributed by atoms with Crippen molar-refractivity contribution >= 4 is 6.47 Å². The van der Waals surface area contributed by atoms with Gasteiger partial charge >= 0.3 is 0 Å². The molecule has 0 bridgehead atoms. The molecule has 24 heavy (non-hydrogen) atoms. The van der Waals surface area contributed by atoms with Crippen molar-refractivity contribution < 1.29 is 19.0 Å². The van der Waals surface area contributed by atoms with Gasteiger partial charge in [-0.2, -0.15) is 0 Å². The van der Waals surface area contributed by atoms with Crippen LogP contribution in [0.4, 0.5) is 0 Å². The minimum atomic E-state index is -0.197. The lowest BCUT2D eigenvalue weighted by atomic mass is 9.75. The summed E-state index contributed by atoms with van der Waals surface area (Å²) < 4.78 is 18.3. The summed E-state index contributed by atoms with van der Waals surface area (Å²) in [7, 11) is 0. The number of hydrogen-bond acceptors (Lipinski definition) is 4. The summed E-state index contributed by atoms with van der Waals surface area (Å²) in [5.74, 6) is 0.647. The molecule has 2 saturated heterocycles. The van der Waals surface area contributed by atoms with Crippen LogP contribution in [0.1, 0.15) is 84.5 Å². The second-order valence-corrected chi connectivity index (χ2v) is 8.24. The number of ether oxygens (including phenoxy) is 3. The van der Waals surface area contributed by atoms with E-state index in [0.717, 1.165) is 25.7 Å². The third-order valence-electron chi connectivity index (χ3n) is 6.38. The third kappa shape index (κ3) is 3.96. The molecule has 0 radical (unpaired) electrons. The van der Waals surface area contributed by atoms with E-state index in [2.05, 4.69) is 13.8 Å². The van der Waals surface area contributed by atoms with Crippen molar-refractivity contribution in [2.75, 3.05) is 0 Å². The van der Waals surface area contributed by atoms with Gasteiger partial charge in [0.1, 0.15) is 6.10 Å². The molecular formula is C20H34O4. The van der Waals surface area contributed by atoms with Gasteiger partial charge in [-0.1, -0.05) is 39.0 Å². The molecule has 4 heteroatoms. The smallest absolute Gasteiger partial charge is 0.293 e. The molecule has 1 saturated carbocycles. The van der Waals surface area contributed by atoms with Crippen LogP contribution in [-0.2, 0) is 19.0 Å². The molecule has 0 aromatic heterocycles. The van der Waals surface area contributed by atoms with Crippen molar-refractivity contribution in [3.63, 3.8) is 0 Å². The number of hydrogen-bond donors (Lipinski definition) is 0. The van der Waals surface area contributed by atoms with Crippen LogP contribution in [0.2, 0.25) is 0 Å². The number of unbranched alkanes of at least 4 members (excludes halogenated alkanes) is 3. The molecule has 3 aliphatic rings. The maximum atomic E-state index is 11.0. The van der Waals surface area contributed by atoms with E-state index in [1.807, 2.05) is 0 Å². The normalized spacial score (nSPS) is 39.8. The Morgan fingerprint density at radius 3 is 2.88 bits per heavy atom. The van der Waals surface area contributed by atoms with Crippen LogP contribution in [0.25, 0.3) is 0 Å². The van der Waals surface area contributed by atoms with Crippen LogP contribution < -0.4 is 0 Å². The Morgan fingerprint density at radius 2 is 2.08 bits per heavy atom. The zero-order valence-electron chi connectivity index (χ0n) is 15.4. The Morgan fingerprint density at radius 1 is 1.25 bits per heavy atom. The largest absolute Gasteiger partial charge is 0.462 e. The average Bonchev–Trinajstić information content (AvgIpc) is 2.91. The molecule has 3 rings (SSSR count). The van der Waals surface area contributed by atoms with Crippen molar-refractivity contribution in [1.82, 2.24) is 0 Å². The lowest BCUT2D eigenvalue weighted by Gasteiger charge is -2.46. The molecule has 0 unspecified atom stereocenters. The molecule has 138 valence electrons. The molecule has 0 amide bonds. The Hall–Kier alpha value is -0.610. The highest BCUT2D eigenvalue weighted by Gasteiger charge is 2.54. The van der Waals surface area contributed by atoms with Gasteiger partial charge in [0.2, 0.25) is 0 Å². The van der Waals surface area contributed by atoms with Crippen LogP contribution in [0, 0.1) is 5.92 Å². The van der Waals surface area contributed by atoms with E-state index in [1.54, 1.807) is 0 Å². The summed E-state index contributed by atoms with van der Waals surface area (Å²) >= 11 is 0. The monoisotopic (exact) mass is 338 g/mol. The zero-order chi connectivity index (χ0) is 17.0. The minimum Gasteiger partial charge on any atom is -0.462 e. The molecule has 1 aliphatic carbocycles. The van der Waals surface area contributed by atoms with Gasteiger partial charge in [0.05, 0.1) is 23.9 Å². The van der Waals surface area contributed by atoms with Crippen LogP contribution in [-0.4, -0.2) is 36.5 Å². The van der Waals surface area contributed by atoms with Gasteiger partial charge in [-0.3, -0.25) is 4.79 Å². The molecule has 4 nitrogen and oxygen atoms in total. The standard InChI is InChI=1S/C20H34O4/c1-3-4-5-6-11-17(22-14-21)18-12-19-20(2,24-18)13-15-9-7-8-10-16(15)23-19/h14-19H,3-13H2,1-2H3/t15-,16+,17+,18-,19-,20+/m0/s1. The second kappa shape index (κ2) is 8.18. The van der Waals surface area contributed by atoms with Gasteiger partial charge in [-0.05, 0) is 44.9 Å². The zero-order valence-corrected chi connectivity index (χ0v) is 15.4. The van der Waals surface area contributed by atoms with Gasteiger partial charge in [0.15, 0.2) is 0 Å². The summed E-state index contributed by atoms with van der Waals surface area (Å²) in [4.78, 5) is 11.0. The fraction of sp³-hybridized carbons (Fsp3) is 0.950. The predicted octanol–water partition coefficient (Wildman–Crippen LogP) is 4.39. The van der Waals surface area contributed by atoms with Gasteiger partial charge < -0.3 is 14.2 Å². The molecule has 0 aromatic carbocycles. The lowest BCUT2D eigenvalue weighted by molar-refractivity contribution is -0.192. The van der Waals surface area contributed by atoms with E-state index >= 15 is 0 Å². The molecule has 2 aliphatic heterocycles. The minimum absolute atomic E-state index is 0.00743. The second-order valence-electron chi connectivity index (χ2n) is 8.24. The molecule has 3 fully saturated rings. The molecule has 2 heterocycles. The Bertz CT molecular complexity index is 412. The Labute approximate surface area is 146 Å². The van der Waals surface area contributed by atoms with Crippen LogP contribution in [0.5, 0.6) is 0 Å². The first-order chi connectivity index (χ1) is 11.7. The Balaban J connectivity index is 1.59. The van der Waals surface area contributed by atoms with Crippen molar-refractivity contribution in [2.45, 2.75) is 114 Å². The predicted molar refractivity (Wildman–Crippen MR) is 92.8 cm³/mol. The van der Waals surface area contributed by atoms with Crippen LogP contribution in [0.15, 0.2) is 0 Å². The number of carbonyl (C=O) groups excluding carboxylic acids is 1. The van der Waals surface area contributed by atoms with Crippen molar-refractivity contribution in [3.05, 3.63) is 0 Å². The van der Waals surface area contributed by atoms with Gasteiger partial charge in [0.25, 0.3) is 6.47 Å². The highest BCUT2D eigenvalue weighted by molar-refractivity contribution is 5.37. The quantitative estimate of drug-likeness (QED) is 0.486. The summed E-state index contributed by atoms with van der Waals surface area (Å²) in [5, 5.41) is 0. The summed E-state index contributed by atoms with van der Waals surface area (Å²) in [6.07, 6.45) is 13.2. The summed E-state index contributed by atoms with van der Waals surface area (Å²) in [6, 6.07) is 0. The van der Waals surface area contributed by atoms with Gasteiger partial charge in [-0.25, -0.2) is 0 Å². The van der Waals surface area contributed by atoms with Gasteiger partial charge in [0, 0.05) is 6.42 Å². The summed E-state index contributed by atoms with van der Waals surface area (Å²) in [5.41, 5.74) is -0.197. The number of rotatable bonds is 8. The van der Waals surface area contributed by atoms with Crippen molar-refractivity contribution in [3.8, 4) is 0 Å². The highest BCUT2D eigenvalue weighted by Crippen LogP contribution is 2.48. The number of carbonyl (C=O) groups is 1. The molecule has 0 N–H and O–H groups in total. The fourth-order valence-corrected chi connectivity index (χ4v) is 5.04. The topological polar surface area (TPSA) is 44.8 Å². The average molecular weight is 338 g/mol. The SMILES string of the molecule is CCCCCC[C@@H](OC=O)[C@@H]1C[C@@H]2O[C@@H]3CCCC[C@H]3C[C@@]2(C)O1. The fourth-order valence-electron chi connectivity index (χ4n) is 5.04. The van der Waals surface area contributed by atoms with Crippen LogP contribution in [0.3, 0.4) is 0 Å². The van der Waals surface area contributed by atoms with Crippen molar-refractivity contribution in [2.24, 2.45) is 5.92 Å². The maximum Gasteiger partial charge on any atom is 0.293 e. The van der Waals surface area contributed by atoms with Crippen molar-refractivity contribution in [1.29, 1.82) is 0 Å². The molecule has 0 aromatic rings. The lowest BCUT2D eigenvalue weighted by Crippen LogP contribution is -2.50. The highest BCUT2D eigenvalue weighted by atomic mass is 16.6. The van der Waals surface area contributed by atoms with E-state index in [4.69, 9.17) is 14.2 Å². The number of fused-ring (bicyclic) bond motifs is 2. The molecular weight excluding hydrogens is 304 g/mol. The first-order valence-corrected chi connectivity index (χ1v) is 10.1. The van der Waals surface area contributed by atoms with E-state index in [0.29, 0.717) is 18.5 Å². The molecule has 0 spiro atoms. The first-order valence-electron chi connectivity index (χ1n) is 10.1. The molecule has 6 atom stereocenters. The van der Waals surface area contributed by atoms with E-state index in [-0.39, 0.29) is 23.9 Å². The van der Waals surface area contributed by atoms with E-state index < -0.39 is 0 Å². The third-order valence-corrected chi connectivity index (χ3v) is 6.38. The maximum absolute atomic E-state index is 11.0. The van der Waals surface area contributed by atoms with Crippen LogP contribution >= 0.6 is 0 Å².